The molecule has 256 valence electrons. The zero-order valence-corrected chi connectivity index (χ0v) is 29.2. The van der Waals surface area contributed by atoms with E-state index in [1.165, 1.54) is 83.5 Å². The molecule has 4 heteroatoms. The van der Waals surface area contributed by atoms with Gasteiger partial charge in [-0.3, -0.25) is 0 Å². The minimum atomic E-state index is -0.125. The Morgan fingerprint density at radius 2 is 0.643 bits per heavy atom. The second-order valence-electron chi connectivity index (χ2n) is 6.89. The van der Waals surface area contributed by atoms with E-state index in [2.05, 4.69) is 111 Å². The summed E-state index contributed by atoms with van der Waals surface area (Å²) in [4.78, 5) is 0. The molecule has 0 heterocycles. The summed E-state index contributed by atoms with van der Waals surface area (Å²) in [6, 6.07) is 0. The van der Waals surface area contributed by atoms with Crippen LogP contribution in [0.4, 0.5) is 0 Å². The highest BCUT2D eigenvalue weighted by Crippen LogP contribution is 2.09. The molecule has 0 aliphatic heterocycles. The molecule has 0 aliphatic rings. The molecule has 0 bridgehead atoms. The van der Waals surface area contributed by atoms with Crippen molar-refractivity contribution >= 4 is 0 Å². The Bertz CT molecular complexity index is 311. The van der Waals surface area contributed by atoms with Gasteiger partial charge in [0, 0.05) is 19.8 Å². The third-order valence-corrected chi connectivity index (χ3v) is 4.18. The Morgan fingerprint density at radius 1 is 0.381 bits per heavy atom. The normalized spacial score (nSPS) is 7.57. The van der Waals surface area contributed by atoms with Crippen LogP contribution in [0.15, 0.2) is 104 Å². The SMILES string of the molecule is C=C.C=C.C=C.C=C.C=C.C=C.C=C.CCCCCCCC/C=C\CCCCCCCCO.CCOCC.OCCO. The number of hydrogen-bond donors (Lipinski definition) is 3. The summed E-state index contributed by atoms with van der Waals surface area (Å²) in [5.74, 6) is 0. The van der Waals surface area contributed by atoms with Gasteiger partial charge >= 0.3 is 0 Å². The first kappa shape index (κ1) is 67.4. The maximum absolute atomic E-state index is 8.66. The van der Waals surface area contributed by atoms with Gasteiger partial charge in [-0.25, -0.2) is 0 Å². The summed E-state index contributed by atoms with van der Waals surface area (Å²) >= 11 is 0. The van der Waals surface area contributed by atoms with Gasteiger partial charge in [0.25, 0.3) is 0 Å². The van der Waals surface area contributed by atoms with Crippen LogP contribution in [0, 0.1) is 0 Å². The highest BCUT2D eigenvalue weighted by Gasteiger charge is 1.90. The molecule has 0 aromatic rings. The van der Waals surface area contributed by atoms with Gasteiger partial charge in [0.05, 0.1) is 13.2 Å². The maximum atomic E-state index is 8.66. The van der Waals surface area contributed by atoms with Crippen molar-refractivity contribution < 1.29 is 20.1 Å². The van der Waals surface area contributed by atoms with E-state index in [1.54, 1.807) is 0 Å². The number of ether oxygens (including phenoxy) is 1. The molecular formula is C38H80O4. The van der Waals surface area contributed by atoms with Crippen LogP contribution in [0.25, 0.3) is 0 Å². The summed E-state index contributed by atoms with van der Waals surface area (Å²) in [6.45, 7) is 50.1. The van der Waals surface area contributed by atoms with E-state index in [-0.39, 0.29) is 13.2 Å². The average molecular weight is 601 g/mol. The van der Waals surface area contributed by atoms with E-state index in [4.69, 9.17) is 20.1 Å². The fourth-order valence-corrected chi connectivity index (χ4v) is 2.56. The fraction of sp³-hybridized carbons (Fsp3) is 0.579. The van der Waals surface area contributed by atoms with Crippen molar-refractivity contribution in [2.24, 2.45) is 0 Å². The quantitative estimate of drug-likeness (QED) is 0.108. The van der Waals surface area contributed by atoms with Gasteiger partial charge in [-0.15, -0.1) is 92.1 Å². The van der Waals surface area contributed by atoms with E-state index in [0.717, 1.165) is 19.6 Å². The second-order valence-corrected chi connectivity index (χ2v) is 6.89. The molecule has 0 saturated carbocycles. The van der Waals surface area contributed by atoms with Crippen LogP contribution in [0.3, 0.4) is 0 Å². The molecule has 0 saturated heterocycles. The molecule has 0 aromatic carbocycles. The molecule has 0 aliphatic carbocycles. The van der Waals surface area contributed by atoms with Crippen molar-refractivity contribution in [2.45, 2.75) is 111 Å². The average Bonchev–Trinajstić information content (AvgIpc) is 3.10. The minimum absolute atomic E-state index is 0.125. The molecule has 0 unspecified atom stereocenters. The summed E-state index contributed by atoms with van der Waals surface area (Å²) in [5.41, 5.74) is 0. The number of aliphatic hydroxyl groups excluding tert-OH is 3. The first-order valence-corrected chi connectivity index (χ1v) is 15.3. The van der Waals surface area contributed by atoms with Crippen molar-refractivity contribution in [1.29, 1.82) is 0 Å². The van der Waals surface area contributed by atoms with Crippen LogP contribution in [0.5, 0.6) is 0 Å². The van der Waals surface area contributed by atoms with E-state index in [9.17, 15) is 0 Å². The van der Waals surface area contributed by atoms with Crippen LogP contribution in [0.1, 0.15) is 111 Å². The number of hydrogen-bond acceptors (Lipinski definition) is 4. The van der Waals surface area contributed by atoms with Gasteiger partial charge in [0.1, 0.15) is 0 Å². The van der Waals surface area contributed by atoms with E-state index >= 15 is 0 Å². The Labute approximate surface area is 267 Å². The lowest BCUT2D eigenvalue weighted by Crippen LogP contribution is -1.85. The first-order valence-electron chi connectivity index (χ1n) is 15.3. The van der Waals surface area contributed by atoms with Crippen LogP contribution in [-0.4, -0.2) is 48.4 Å². The van der Waals surface area contributed by atoms with Crippen LogP contribution >= 0.6 is 0 Å². The third kappa shape index (κ3) is 182. The topological polar surface area (TPSA) is 69.9 Å². The van der Waals surface area contributed by atoms with Crippen LogP contribution in [-0.2, 0) is 4.74 Å². The van der Waals surface area contributed by atoms with Crippen molar-refractivity contribution in [2.75, 3.05) is 33.0 Å². The highest BCUT2D eigenvalue weighted by atomic mass is 16.5. The van der Waals surface area contributed by atoms with Gasteiger partial charge in [-0.2, -0.15) is 0 Å². The Morgan fingerprint density at radius 3 is 0.857 bits per heavy atom. The Kier molecular flexibility index (Phi) is 227. The van der Waals surface area contributed by atoms with Crippen LogP contribution < -0.4 is 0 Å². The Hall–Kier alpha value is -2.24. The van der Waals surface area contributed by atoms with E-state index < -0.39 is 0 Å². The number of aliphatic hydroxyl groups is 3. The smallest absolute Gasteiger partial charge is 0.0662 e. The molecule has 3 N–H and O–H groups in total. The number of allylic oxidation sites excluding steroid dienone is 2. The summed E-state index contributed by atoms with van der Waals surface area (Å²) < 4.78 is 4.83. The zero-order chi connectivity index (χ0) is 35.6. The van der Waals surface area contributed by atoms with Gasteiger partial charge < -0.3 is 20.1 Å². The lowest BCUT2D eigenvalue weighted by atomic mass is 10.1. The predicted octanol–water partition coefficient (Wildman–Crippen LogP) is 11.6. The van der Waals surface area contributed by atoms with Crippen molar-refractivity contribution in [3.05, 3.63) is 104 Å². The van der Waals surface area contributed by atoms with E-state index in [1.807, 2.05) is 13.8 Å². The minimum Gasteiger partial charge on any atom is -0.396 e. The molecule has 0 atom stereocenters. The summed E-state index contributed by atoms with van der Waals surface area (Å²) in [5, 5.41) is 23.9. The largest absolute Gasteiger partial charge is 0.396 e. The number of unbranched alkanes of at least 4 members (excludes halogenated alkanes) is 12. The zero-order valence-electron chi connectivity index (χ0n) is 29.2. The Balaban J connectivity index is -0.0000000458. The number of rotatable bonds is 18. The standard InChI is InChI=1S/C18H36O.C4H10O.C2H6O2.7C2H4/c1-2-3-4-5-6-7-8-9-10-11-12-13-14-15-16-17-18-19;1-3-5-4-2;3-1-2-4;7*1-2/h9-10,19H,2-8,11-18H2,1H3;3-4H2,1-2H3;3-4H,1-2H2;7*1-2H2/b10-9-;;;;;;;;;. The van der Waals surface area contributed by atoms with Gasteiger partial charge in [0.2, 0.25) is 0 Å². The van der Waals surface area contributed by atoms with Crippen LogP contribution in [0.2, 0.25) is 0 Å². The van der Waals surface area contributed by atoms with Crippen molar-refractivity contribution in [3.63, 3.8) is 0 Å². The summed E-state index contributed by atoms with van der Waals surface area (Å²) in [7, 11) is 0. The lowest BCUT2D eigenvalue weighted by molar-refractivity contribution is 0.162. The predicted molar refractivity (Wildman–Crippen MR) is 202 cm³/mol. The third-order valence-electron chi connectivity index (χ3n) is 4.18. The maximum Gasteiger partial charge on any atom is 0.0662 e. The molecule has 0 radical (unpaired) electrons. The molecule has 0 fully saturated rings. The van der Waals surface area contributed by atoms with Gasteiger partial charge in [0.15, 0.2) is 0 Å². The van der Waals surface area contributed by atoms with Crippen molar-refractivity contribution in [3.8, 4) is 0 Å². The highest BCUT2D eigenvalue weighted by molar-refractivity contribution is 4.81. The summed E-state index contributed by atoms with van der Waals surface area (Å²) in [6.07, 6.45) is 23.2. The molecule has 0 amide bonds. The molecular weight excluding hydrogens is 520 g/mol. The molecule has 4 nitrogen and oxygen atoms in total. The van der Waals surface area contributed by atoms with E-state index in [0.29, 0.717) is 6.61 Å². The molecule has 0 aromatic heterocycles. The van der Waals surface area contributed by atoms with Gasteiger partial charge in [-0.05, 0) is 46.0 Å². The second kappa shape index (κ2) is 142. The lowest BCUT2D eigenvalue weighted by Gasteiger charge is -1.99. The van der Waals surface area contributed by atoms with Crippen molar-refractivity contribution in [1.82, 2.24) is 0 Å². The first-order chi connectivity index (χ1) is 20.7. The molecule has 0 rings (SSSR count). The fourth-order valence-electron chi connectivity index (χ4n) is 2.56. The van der Waals surface area contributed by atoms with Gasteiger partial charge in [-0.1, -0.05) is 76.9 Å². The molecule has 42 heavy (non-hydrogen) atoms. The monoisotopic (exact) mass is 601 g/mol. The molecule has 0 spiro atoms.